The highest BCUT2D eigenvalue weighted by atomic mass is 35.5. The predicted molar refractivity (Wildman–Crippen MR) is 120 cm³/mol. The van der Waals surface area contributed by atoms with Gasteiger partial charge in [-0.2, -0.15) is 0 Å². The van der Waals surface area contributed by atoms with Crippen LogP contribution in [0.5, 0.6) is 0 Å². The molecule has 2 aromatic carbocycles. The average Bonchev–Trinajstić information content (AvgIpc) is 2.70. The van der Waals surface area contributed by atoms with Gasteiger partial charge in [-0.3, -0.25) is 9.59 Å². The molecule has 9 heteroatoms. The highest BCUT2D eigenvalue weighted by Gasteiger charge is 2.39. The summed E-state index contributed by atoms with van der Waals surface area (Å²) in [5.74, 6) is -1.24. The van der Waals surface area contributed by atoms with Crippen LogP contribution in [0.4, 0.5) is 4.79 Å². The number of aliphatic carboxylic acids is 1. The summed E-state index contributed by atoms with van der Waals surface area (Å²) in [7, 11) is 0. The van der Waals surface area contributed by atoms with Crippen LogP contribution in [0.15, 0.2) is 42.5 Å². The van der Waals surface area contributed by atoms with E-state index in [1.807, 2.05) is 6.92 Å². The smallest absolute Gasteiger partial charge is 0.320 e. The third-order valence-corrected chi connectivity index (χ3v) is 6.32. The van der Waals surface area contributed by atoms with Gasteiger partial charge in [0.1, 0.15) is 0 Å². The zero-order valence-corrected chi connectivity index (χ0v) is 19.0. The van der Waals surface area contributed by atoms with Gasteiger partial charge in [-0.05, 0) is 47.9 Å². The van der Waals surface area contributed by atoms with Gasteiger partial charge in [0.05, 0.1) is 6.42 Å². The van der Waals surface area contributed by atoms with Crippen molar-refractivity contribution in [3.8, 4) is 0 Å². The van der Waals surface area contributed by atoms with E-state index in [1.165, 1.54) is 0 Å². The summed E-state index contributed by atoms with van der Waals surface area (Å²) in [6.07, 6.45) is -0.0914. The molecule has 1 N–H and O–H groups in total. The zero-order valence-electron chi connectivity index (χ0n) is 16.7. The number of rotatable bonds is 7. The Bertz CT molecular complexity index is 1010. The summed E-state index contributed by atoms with van der Waals surface area (Å²) in [5, 5.41) is 9.68. The summed E-state index contributed by atoms with van der Waals surface area (Å²) < 4.78 is 0. The SMILES string of the molecule is CC1C(CC(=O)O)CN(Cc2ccccc2C(=O)Cl)C(=O)N1Cc1ccc(Cl)cc1Cl. The van der Waals surface area contributed by atoms with E-state index in [1.54, 1.807) is 52.3 Å². The van der Waals surface area contributed by atoms with E-state index >= 15 is 0 Å². The molecule has 164 valence electrons. The third kappa shape index (κ3) is 5.50. The molecule has 1 aliphatic heterocycles. The first-order valence-corrected chi connectivity index (χ1v) is 10.8. The van der Waals surface area contributed by atoms with Crippen molar-refractivity contribution in [2.45, 2.75) is 32.5 Å². The minimum atomic E-state index is -0.938. The molecular formula is C22H21Cl3N2O4. The number of carbonyl (C=O) groups excluding carboxylic acids is 2. The standard InChI is InChI=1S/C22H21Cl3N2O4/c1-13-16(8-20(28)29)11-26(10-14-4-2-3-5-18(14)21(25)30)22(31)27(13)12-15-6-7-17(23)9-19(15)24/h2-7,9,13,16H,8,10-12H2,1H3,(H,28,29). The first kappa shape index (κ1) is 23.4. The molecule has 0 saturated carbocycles. The Hall–Kier alpha value is -2.28. The number of urea groups is 1. The van der Waals surface area contributed by atoms with Crippen molar-refractivity contribution >= 4 is 52.0 Å². The lowest BCUT2D eigenvalue weighted by Crippen LogP contribution is -2.57. The van der Waals surface area contributed by atoms with E-state index in [9.17, 15) is 19.5 Å². The van der Waals surface area contributed by atoms with Gasteiger partial charge in [-0.1, -0.05) is 47.5 Å². The first-order valence-electron chi connectivity index (χ1n) is 9.66. The highest BCUT2D eigenvalue weighted by molar-refractivity contribution is 6.67. The molecular weight excluding hydrogens is 463 g/mol. The lowest BCUT2D eigenvalue weighted by atomic mass is 9.92. The molecule has 6 nitrogen and oxygen atoms in total. The van der Waals surface area contributed by atoms with E-state index < -0.39 is 11.2 Å². The maximum Gasteiger partial charge on any atom is 0.320 e. The van der Waals surface area contributed by atoms with Crippen LogP contribution in [-0.4, -0.2) is 44.7 Å². The summed E-state index contributed by atoms with van der Waals surface area (Å²) in [6, 6.07) is 11.2. The lowest BCUT2D eigenvalue weighted by molar-refractivity contribution is -0.139. The molecule has 1 fully saturated rings. The van der Waals surface area contributed by atoms with Crippen LogP contribution >= 0.6 is 34.8 Å². The highest BCUT2D eigenvalue weighted by Crippen LogP contribution is 2.30. The van der Waals surface area contributed by atoms with Gasteiger partial charge in [0.2, 0.25) is 0 Å². The van der Waals surface area contributed by atoms with Crippen LogP contribution in [0.2, 0.25) is 10.0 Å². The van der Waals surface area contributed by atoms with Crippen LogP contribution < -0.4 is 0 Å². The van der Waals surface area contributed by atoms with Crippen LogP contribution in [0.3, 0.4) is 0 Å². The summed E-state index contributed by atoms with van der Waals surface area (Å²) in [4.78, 5) is 39.7. The second kappa shape index (κ2) is 9.90. The maximum absolute atomic E-state index is 13.4. The normalized spacial score (nSPS) is 18.9. The monoisotopic (exact) mass is 482 g/mol. The van der Waals surface area contributed by atoms with Gasteiger partial charge in [0, 0.05) is 47.2 Å². The fourth-order valence-corrected chi connectivity index (χ4v) is 4.47. The Morgan fingerprint density at radius 1 is 1.10 bits per heavy atom. The molecule has 1 heterocycles. The molecule has 0 spiro atoms. The fourth-order valence-electron chi connectivity index (χ4n) is 3.82. The number of hydrogen-bond donors (Lipinski definition) is 1. The van der Waals surface area contributed by atoms with Crippen molar-refractivity contribution in [1.29, 1.82) is 0 Å². The molecule has 2 amide bonds. The largest absolute Gasteiger partial charge is 0.481 e. The second-order valence-electron chi connectivity index (χ2n) is 7.56. The number of benzene rings is 2. The summed E-state index contributed by atoms with van der Waals surface area (Å²) >= 11 is 18.0. The van der Waals surface area contributed by atoms with Crippen molar-refractivity contribution in [3.05, 3.63) is 69.2 Å². The molecule has 2 aromatic rings. The summed E-state index contributed by atoms with van der Waals surface area (Å²) in [6.45, 7) is 2.44. The average molecular weight is 484 g/mol. The molecule has 2 unspecified atom stereocenters. The van der Waals surface area contributed by atoms with E-state index in [4.69, 9.17) is 34.8 Å². The molecule has 0 bridgehead atoms. The Morgan fingerprint density at radius 3 is 2.45 bits per heavy atom. The number of hydrogen-bond acceptors (Lipinski definition) is 3. The van der Waals surface area contributed by atoms with Gasteiger partial charge >= 0.3 is 12.0 Å². The minimum Gasteiger partial charge on any atom is -0.481 e. The number of carboxylic acids is 1. The molecule has 0 radical (unpaired) electrons. The zero-order chi connectivity index (χ0) is 22.7. The number of nitrogens with zero attached hydrogens (tertiary/aromatic N) is 2. The molecule has 31 heavy (non-hydrogen) atoms. The fraction of sp³-hybridized carbons (Fsp3) is 0.318. The maximum atomic E-state index is 13.4. The Labute approximate surface area is 195 Å². The lowest BCUT2D eigenvalue weighted by Gasteiger charge is -2.45. The van der Waals surface area contributed by atoms with E-state index in [0.717, 1.165) is 0 Å². The summed E-state index contributed by atoms with van der Waals surface area (Å²) in [5.41, 5.74) is 1.63. The van der Waals surface area contributed by atoms with Gasteiger partial charge in [0.15, 0.2) is 0 Å². The van der Waals surface area contributed by atoms with E-state index in [0.29, 0.717) is 26.7 Å². The third-order valence-electron chi connectivity index (χ3n) is 5.53. The van der Waals surface area contributed by atoms with E-state index in [-0.39, 0.29) is 44.0 Å². The van der Waals surface area contributed by atoms with Crippen molar-refractivity contribution in [2.24, 2.45) is 5.92 Å². The quantitative estimate of drug-likeness (QED) is 0.543. The van der Waals surface area contributed by atoms with Crippen molar-refractivity contribution in [3.63, 3.8) is 0 Å². The minimum absolute atomic E-state index is 0.0914. The number of amides is 2. The van der Waals surface area contributed by atoms with Gasteiger partial charge < -0.3 is 14.9 Å². The van der Waals surface area contributed by atoms with Gasteiger partial charge in [-0.25, -0.2) is 4.79 Å². The molecule has 0 aliphatic carbocycles. The van der Waals surface area contributed by atoms with Crippen LogP contribution in [0.25, 0.3) is 0 Å². The molecule has 1 saturated heterocycles. The Balaban J connectivity index is 1.92. The Kier molecular flexibility index (Phi) is 7.46. The van der Waals surface area contributed by atoms with E-state index in [2.05, 4.69) is 0 Å². The predicted octanol–water partition coefficient (Wildman–Crippen LogP) is 5.29. The second-order valence-corrected chi connectivity index (χ2v) is 8.74. The van der Waals surface area contributed by atoms with Crippen LogP contribution in [0, 0.1) is 5.92 Å². The first-order chi connectivity index (χ1) is 14.7. The molecule has 3 rings (SSSR count). The number of carboxylic acid groups (broad SMARTS) is 1. The van der Waals surface area contributed by atoms with Crippen LogP contribution in [-0.2, 0) is 17.9 Å². The molecule has 1 aliphatic rings. The van der Waals surface area contributed by atoms with Crippen molar-refractivity contribution in [2.75, 3.05) is 6.54 Å². The topological polar surface area (TPSA) is 77.9 Å². The Morgan fingerprint density at radius 2 is 1.81 bits per heavy atom. The number of carbonyl (C=O) groups is 3. The molecule has 0 aromatic heterocycles. The van der Waals surface area contributed by atoms with Crippen molar-refractivity contribution < 1.29 is 19.5 Å². The van der Waals surface area contributed by atoms with Gasteiger partial charge in [0.25, 0.3) is 5.24 Å². The van der Waals surface area contributed by atoms with Crippen LogP contribution in [0.1, 0.15) is 34.8 Å². The number of halogens is 3. The van der Waals surface area contributed by atoms with Gasteiger partial charge in [-0.15, -0.1) is 0 Å². The molecule has 2 atom stereocenters. The van der Waals surface area contributed by atoms with Crippen molar-refractivity contribution in [1.82, 2.24) is 9.80 Å².